The molecule has 138 valence electrons. The predicted molar refractivity (Wildman–Crippen MR) is 102 cm³/mol. The molecule has 0 radical (unpaired) electrons. The van der Waals surface area contributed by atoms with Crippen molar-refractivity contribution >= 4 is 23.6 Å². The largest absolute Gasteiger partial charge is 0.511 e. The van der Waals surface area contributed by atoms with Crippen molar-refractivity contribution in [3.8, 4) is 0 Å². The van der Waals surface area contributed by atoms with Crippen LogP contribution in [0.3, 0.4) is 0 Å². The fourth-order valence-corrected chi connectivity index (χ4v) is 3.59. The molecule has 0 bridgehead atoms. The molecule has 0 unspecified atom stereocenters. The Labute approximate surface area is 154 Å². The Bertz CT molecular complexity index is 771. The number of hydrogen-bond donors (Lipinski definition) is 1. The van der Waals surface area contributed by atoms with Gasteiger partial charge in [-0.2, -0.15) is 0 Å². The zero-order chi connectivity index (χ0) is 18.7. The minimum absolute atomic E-state index is 0.0271. The standard InChI is InChI=1S/C21H26N2O3/c1-21(2)12-18(24)17(19(25)13-21)14-22-16-8-6-7-15(11-16)20(26)23-9-4-3-5-10-23/h6-8,11,14,24H,3-5,9-10,12-13H2,1-2H3. The van der Waals surface area contributed by atoms with E-state index in [2.05, 4.69) is 4.99 Å². The van der Waals surface area contributed by atoms with Crippen LogP contribution in [0.25, 0.3) is 0 Å². The number of carbonyl (C=O) groups is 2. The minimum Gasteiger partial charge on any atom is -0.511 e. The fraction of sp³-hybridized carbons (Fsp3) is 0.476. The zero-order valence-corrected chi connectivity index (χ0v) is 15.5. The molecular formula is C21H26N2O3. The van der Waals surface area contributed by atoms with E-state index in [0.717, 1.165) is 25.9 Å². The molecule has 1 aromatic carbocycles. The second-order valence-corrected chi connectivity index (χ2v) is 7.96. The molecule has 1 aliphatic carbocycles. The molecule has 1 heterocycles. The van der Waals surface area contributed by atoms with Crippen molar-refractivity contribution in [2.75, 3.05) is 13.1 Å². The fourth-order valence-electron chi connectivity index (χ4n) is 3.59. The molecule has 1 amide bonds. The van der Waals surface area contributed by atoms with E-state index in [1.165, 1.54) is 12.6 Å². The van der Waals surface area contributed by atoms with Gasteiger partial charge in [-0.15, -0.1) is 0 Å². The number of carbonyl (C=O) groups excluding carboxylic acids is 2. The normalized spacial score (nSPS) is 20.7. The van der Waals surface area contributed by atoms with E-state index in [0.29, 0.717) is 24.1 Å². The number of Topliss-reactive ketones (excluding diaryl/α,β-unsaturated/α-hetero) is 1. The van der Waals surface area contributed by atoms with Gasteiger partial charge in [-0.1, -0.05) is 19.9 Å². The third kappa shape index (κ3) is 4.21. The van der Waals surface area contributed by atoms with Crippen molar-refractivity contribution in [1.29, 1.82) is 0 Å². The number of benzene rings is 1. The molecule has 0 saturated carbocycles. The van der Waals surface area contributed by atoms with E-state index >= 15 is 0 Å². The number of ketones is 1. The summed E-state index contributed by atoms with van der Waals surface area (Å²) in [5.74, 6) is 0.0258. The van der Waals surface area contributed by atoms with Crippen LogP contribution in [-0.4, -0.2) is 41.0 Å². The maximum absolute atomic E-state index is 12.6. The number of aliphatic hydroxyl groups excluding tert-OH is 1. The molecular weight excluding hydrogens is 328 g/mol. The summed E-state index contributed by atoms with van der Waals surface area (Å²) >= 11 is 0. The van der Waals surface area contributed by atoms with Gasteiger partial charge in [0, 0.05) is 37.7 Å². The first-order valence-electron chi connectivity index (χ1n) is 9.24. The van der Waals surface area contributed by atoms with E-state index in [9.17, 15) is 14.7 Å². The van der Waals surface area contributed by atoms with Gasteiger partial charge in [0.1, 0.15) is 5.76 Å². The van der Waals surface area contributed by atoms with E-state index in [-0.39, 0.29) is 28.4 Å². The van der Waals surface area contributed by atoms with Crippen LogP contribution in [0.4, 0.5) is 5.69 Å². The number of allylic oxidation sites excluding steroid dienone is 2. The summed E-state index contributed by atoms with van der Waals surface area (Å²) < 4.78 is 0. The van der Waals surface area contributed by atoms with Gasteiger partial charge in [0.25, 0.3) is 5.91 Å². The van der Waals surface area contributed by atoms with Crippen molar-refractivity contribution < 1.29 is 14.7 Å². The van der Waals surface area contributed by atoms with Crippen LogP contribution in [0.2, 0.25) is 0 Å². The van der Waals surface area contributed by atoms with E-state index in [4.69, 9.17) is 0 Å². The van der Waals surface area contributed by atoms with E-state index in [1.54, 1.807) is 24.3 Å². The summed E-state index contributed by atoms with van der Waals surface area (Å²) in [5, 5.41) is 10.2. The van der Waals surface area contributed by atoms with Crippen LogP contribution in [0.1, 0.15) is 56.3 Å². The predicted octanol–water partition coefficient (Wildman–Crippen LogP) is 4.22. The highest BCUT2D eigenvalue weighted by Crippen LogP contribution is 2.35. The molecule has 1 N–H and O–H groups in total. The van der Waals surface area contributed by atoms with Crippen LogP contribution in [0, 0.1) is 5.41 Å². The summed E-state index contributed by atoms with van der Waals surface area (Å²) in [6, 6.07) is 7.12. The zero-order valence-electron chi connectivity index (χ0n) is 15.5. The Morgan fingerprint density at radius 1 is 1.19 bits per heavy atom. The SMILES string of the molecule is CC1(C)CC(=O)C(C=Nc2cccc(C(=O)N3CCCCC3)c2)=C(O)C1. The lowest BCUT2D eigenvalue weighted by Gasteiger charge is -2.28. The van der Waals surface area contributed by atoms with Gasteiger partial charge in [-0.05, 0) is 42.9 Å². The van der Waals surface area contributed by atoms with Crippen LogP contribution < -0.4 is 0 Å². The maximum atomic E-state index is 12.6. The Balaban J connectivity index is 1.77. The molecule has 26 heavy (non-hydrogen) atoms. The second kappa shape index (κ2) is 7.44. The second-order valence-electron chi connectivity index (χ2n) is 7.96. The first-order valence-corrected chi connectivity index (χ1v) is 9.24. The number of aliphatic imine (C=N–C) groups is 1. The summed E-state index contributed by atoms with van der Waals surface area (Å²) in [5.41, 5.74) is 1.26. The maximum Gasteiger partial charge on any atom is 0.253 e. The van der Waals surface area contributed by atoms with E-state index in [1.807, 2.05) is 18.7 Å². The summed E-state index contributed by atoms with van der Waals surface area (Å²) in [7, 11) is 0. The summed E-state index contributed by atoms with van der Waals surface area (Å²) in [6.07, 6.45) is 5.57. The third-order valence-corrected chi connectivity index (χ3v) is 4.98. The van der Waals surface area contributed by atoms with Gasteiger partial charge < -0.3 is 10.0 Å². The highest BCUT2D eigenvalue weighted by Gasteiger charge is 2.32. The monoisotopic (exact) mass is 354 g/mol. The van der Waals surface area contributed by atoms with Gasteiger partial charge >= 0.3 is 0 Å². The Morgan fingerprint density at radius 3 is 2.62 bits per heavy atom. The molecule has 5 heteroatoms. The number of rotatable bonds is 3. The smallest absolute Gasteiger partial charge is 0.253 e. The number of hydrogen-bond acceptors (Lipinski definition) is 4. The Morgan fingerprint density at radius 2 is 1.92 bits per heavy atom. The molecule has 0 spiro atoms. The van der Waals surface area contributed by atoms with Crippen molar-refractivity contribution in [1.82, 2.24) is 4.90 Å². The first kappa shape index (κ1) is 18.4. The van der Waals surface area contributed by atoms with Gasteiger partial charge in [-0.25, -0.2) is 0 Å². The summed E-state index contributed by atoms with van der Waals surface area (Å²) in [6.45, 7) is 5.53. The molecule has 1 aliphatic heterocycles. The Hall–Kier alpha value is -2.43. The van der Waals surface area contributed by atoms with Gasteiger partial charge in [0.2, 0.25) is 0 Å². The van der Waals surface area contributed by atoms with Crippen molar-refractivity contribution in [3.63, 3.8) is 0 Å². The number of piperidine rings is 1. The number of likely N-dealkylation sites (tertiary alicyclic amines) is 1. The van der Waals surface area contributed by atoms with Crippen LogP contribution in [-0.2, 0) is 4.79 Å². The molecule has 1 aromatic rings. The lowest BCUT2D eigenvalue weighted by atomic mass is 9.77. The van der Waals surface area contributed by atoms with Gasteiger partial charge in [0.15, 0.2) is 5.78 Å². The Kier molecular flexibility index (Phi) is 5.25. The van der Waals surface area contributed by atoms with Crippen molar-refractivity contribution in [3.05, 3.63) is 41.2 Å². The van der Waals surface area contributed by atoms with Crippen LogP contribution in [0.5, 0.6) is 0 Å². The van der Waals surface area contributed by atoms with E-state index < -0.39 is 0 Å². The highest BCUT2D eigenvalue weighted by molar-refractivity contribution is 6.15. The van der Waals surface area contributed by atoms with Crippen molar-refractivity contribution in [2.45, 2.75) is 46.0 Å². The quantitative estimate of drug-likeness (QED) is 0.826. The lowest BCUT2D eigenvalue weighted by molar-refractivity contribution is -0.117. The van der Waals surface area contributed by atoms with Crippen LogP contribution in [0.15, 0.2) is 40.6 Å². The highest BCUT2D eigenvalue weighted by atomic mass is 16.3. The molecule has 0 atom stereocenters. The third-order valence-electron chi connectivity index (χ3n) is 4.98. The van der Waals surface area contributed by atoms with Gasteiger partial charge in [0.05, 0.1) is 11.3 Å². The average molecular weight is 354 g/mol. The minimum atomic E-state index is -0.223. The topological polar surface area (TPSA) is 70.0 Å². The lowest BCUT2D eigenvalue weighted by Crippen LogP contribution is -2.35. The number of nitrogens with zero attached hydrogens (tertiary/aromatic N) is 2. The van der Waals surface area contributed by atoms with Crippen LogP contribution >= 0.6 is 0 Å². The molecule has 0 aromatic heterocycles. The number of aliphatic hydroxyl groups is 1. The molecule has 2 aliphatic rings. The van der Waals surface area contributed by atoms with Gasteiger partial charge in [-0.3, -0.25) is 14.6 Å². The molecule has 3 rings (SSSR count). The average Bonchev–Trinajstić information content (AvgIpc) is 2.60. The van der Waals surface area contributed by atoms with Crippen molar-refractivity contribution in [2.24, 2.45) is 10.4 Å². The first-order chi connectivity index (χ1) is 12.4. The molecule has 5 nitrogen and oxygen atoms in total. The summed E-state index contributed by atoms with van der Waals surface area (Å²) in [4.78, 5) is 31.1. The molecule has 1 saturated heterocycles. The molecule has 1 fully saturated rings. The number of amides is 1.